The summed E-state index contributed by atoms with van der Waals surface area (Å²) in [6.45, 7) is 3.66. The van der Waals surface area contributed by atoms with Gasteiger partial charge in [-0.3, -0.25) is 9.59 Å². The number of aliphatic hydroxyl groups excluding tert-OH is 1. The van der Waals surface area contributed by atoms with Crippen LogP contribution >= 0.6 is 0 Å². The topological polar surface area (TPSA) is 159 Å². The molecule has 7 N–H and O–H groups in total. The zero-order valence-electron chi connectivity index (χ0n) is 27.7. The van der Waals surface area contributed by atoms with Crippen molar-refractivity contribution in [2.45, 2.75) is 31.5 Å². The van der Waals surface area contributed by atoms with Crippen LogP contribution in [0.1, 0.15) is 40.4 Å². The van der Waals surface area contributed by atoms with E-state index in [2.05, 4.69) is 31.2 Å². The summed E-state index contributed by atoms with van der Waals surface area (Å²) < 4.78 is 0. The fraction of sp³-hybridized carbons (Fsp3) is 0.256. The Morgan fingerprint density at radius 1 is 0.880 bits per heavy atom. The van der Waals surface area contributed by atoms with E-state index in [1.807, 2.05) is 66.7 Å². The van der Waals surface area contributed by atoms with Crippen molar-refractivity contribution in [1.29, 1.82) is 0 Å². The van der Waals surface area contributed by atoms with Crippen LogP contribution in [-0.2, 0) is 6.54 Å². The summed E-state index contributed by atoms with van der Waals surface area (Å²) in [5.74, 6) is -0.190. The zero-order chi connectivity index (χ0) is 34.9. The molecular formula is C39H42N6O5. The number of aromatic amines is 1. The monoisotopic (exact) mass is 674 g/mol. The smallest absolute Gasteiger partial charge is 0.319 e. The lowest BCUT2D eigenvalue weighted by molar-refractivity contribution is 0.0945. The number of H-pyrrole nitrogens is 1. The summed E-state index contributed by atoms with van der Waals surface area (Å²) in [5, 5.41) is 33.8. The number of benzene rings is 4. The van der Waals surface area contributed by atoms with E-state index >= 15 is 0 Å². The Morgan fingerprint density at radius 3 is 2.40 bits per heavy atom. The Balaban J connectivity index is 0.886. The molecule has 1 aromatic heterocycles. The molecule has 11 nitrogen and oxygen atoms in total. The molecule has 5 aromatic rings. The molecule has 1 atom stereocenters. The van der Waals surface area contributed by atoms with Gasteiger partial charge in [0.05, 0.1) is 17.3 Å². The quantitative estimate of drug-likeness (QED) is 0.101. The summed E-state index contributed by atoms with van der Waals surface area (Å²) in [5.41, 5.74) is 4.88. The van der Waals surface area contributed by atoms with Gasteiger partial charge in [0.2, 0.25) is 5.56 Å². The number of likely N-dealkylation sites (tertiary alicyclic amines) is 1. The van der Waals surface area contributed by atoms with Gasteiger partial charge in [-0.25, -0.2) is 4.79 Å². The number of urea groups is 1. The number of phenols is 1. The maximum atomic E-state index is 12.8. The summed E-state index contributed by atoms with van der Waals surface area (Å²) in [4.78, 5) is 42.2. The zero-order valence-corrected chi connectivity index (χ0v) is 27.7. The summed E-state index contributed by atoms with van der Waals surface area (Å²) in [7, 11) is 0. The second-order valence-electron chi connectivity index (χ2n) is 12.5. The van der Waals surface area contributed by atoms with Crippen molar-refractivity contribution in [1.82, 2.24) is 25.8 Å². The Morgan fingerprint density at radius 2 is 1.62 bits per heavy atom. The maximum Gasteiger partial charge on any atom is 0.319 e. The molecule has 1 saturated heterocycles. The fourth-order valence-corrected chi connectivity index (χ4v) is 6.32. The molecule has 1 aliphatic heterocycles. The van der Waals surface area contributed by atoms with Crippen LogP contribution < -0.4 is 26.8 Å². The highest BCUT2D eigenvalue weighted by molar-refractivity contribution is 5.95. The van der Waals surface area contributed by atoms with Crippen molar-refractivity contribution < 1.29 is 19.8 Å². The van der Waals surface area contributed by atoms with Crippen LogP contribution in [0, 0.1) is 0 Å². The Hall–Kier alpha value is -5.49. The molecule has 0 aliphatic carbocycles. The Bertz CT molecular complexity index is 1970. The van der Waals surface area contributed by atoms with Crippen molar-refractivity contribution >= 4 is 28.5 Å². The number of carbonyl (C=O) groups excluding carboxylic acids is 2. The molecule has 3 amide bonds. The number of aromatic nitrogens is 1. The minimum atomic E-state index is -0.857. The molecule has 0 radical (unpaired) electrons. The molecule has 4 aromatic carbocycles. The lowest BCUT2D eigenvalue weighted by Crippen LogP contribution is -2.47. The minimum Gasteiger partial charge on any atom is -0.506 e. The third-order valence-corrected chi connectivity index (χ3v) is 9.05. The number of nitrogens with one attached hydrogen (secondary N) is 5. The van der Waals surface area contributed by atoms with Gasteiger partial charge in [0.15, 0.2) is 0 Å². The number of phenolic OH excluding ortho intramolecular Hbond substituents is 1. The molecule has 0 unspecified atom stereocenters. The summed E-state index contributed by atoms with van der Waals surface area (Å²) in [6.07, 6.45) is 0.810. The molecule has 6 rings (SSSR count). The van der Waals surface area contributed by atoms with Crippen LogP contribution in [0.25, 0.3) is 22.0 Å². The summed E-state index contributed by atoms with van der Waals surface area (Å²) in [6, 6.07) is 31.0. The number of rotatable bonds is 12. The standard InChI is InChI=1S/C39H42N6O5/c46-34-16-14-31(32-15-17-36(48)44-37(32)34)35(47)25-40-24-26-10-12-28(13-11-26)38(49)41-20-23-45-21-18-29(19-22-45)42-39(50)43-33-9-5-4-8-30(33)27-6-2-1-3-7-27/h1-17,29,35,40,46-47H,18-25H2,(H,41,49)(H,44,48)(H2,42,43,50)/t35-/m1/s1. The van der Waals surface area contributed by atoms with Gasteiger partial charge < -0.3 is 41.4 Å². The van der Waals surface area contributed by atoms with E-state index in [1.54, 1.807) is 24.3 Å². The number of pyridine rings is 1. The first-order valence-electron chi connectivity index (χ1n) is 16.9. The number of aliphatic hydroxyl groups is 1. The van der Waals surface area contributed by atoms with Gasteiger partial charge in [-0.05, 0) is 59.9 Å². The third kappa shape index (κ3) is 8.75. The molecule has 1 fully saturated rings. The first-order chi connectivity index (χ1) is 24.3. The van der Waals surface area contributed by atoms with Crippen LogP contribution in [0.5, 0.6) is 5.75 Å². The number of hydrogen-bond acceptors (Lipinski definition) is 7. The van der Waals surface area contributed by atoms with Gasteiger partial charge in [0.1, 0.15) is 5.75 Å². The van der Waals surface area contributed by atoms with Crippen LogP contribution in [0.2, 0.25) is 0 Å². The number of hydrogen-bond donors (Lipinski definition) is 7. The normalized spacial score (nSPS) is 14.3. The third-order valence-electron chi connectivity index (χ3n) is 9.05. The number of nitrogens with zero attached hydrogens (tertiary/aromatic N) is 1. The Kier molecular flexibility index (Phi) is 11.2. The van der Waals surface area contributed by atoms with Crippen molar-refractivity contribution in [3.05, 3.63) is 130 Å². The van der Waals surface area contributed by atoms with E-state index in [0.717, 1.165) is 54.9 Å². The molecule has 50 heavy (non-hydrogen) atoms. The van der Waals surface area contributed by atoms with Crippen LogP contribution in [0.3, 0.4) is 0 Å². The Labute approximate surface area is 290 Å². The van der Waals surface area contributed by atoms with Crippen molar-refractivity contribution in [2.75, 3.05) is 38.0 Å². The van der Waals surface area contributed by atoms with Crippen molar-refractivity contribution in [3.8, 4) is 16.9 Å². The van der Waals surface area contributed by atoms with Gasteiger partial charge in [-0.1, -0.05) is 66.7 Å². The molecule has 1 aliphatic rings. The molecular weight excluding hydrogens is 632 g/mol. The molecule has 0 saturated carbocycles. The number of amides is 3. The number of para-hydroxylation sites is 1. The van der Waals surface area contributed by atoms with Gasteiger partial charge in [0, 0.05) is 67.9 Å². The van der Waals surface area contributed by atoms with E-state index in [0.29, 0.717) is 35.1 Å². The minimum absolute atomic E-state index is 0.0522. The van der Waals surface area contributed by atoms with Crippen LogP contribution in [0.4, 0.5) is 10.5 Å². The number of carbonyl (C=O) groups is 2. The molecule has 2 heterocycles. The van der Waals surface area contributed by atoms with Crippen LogP contribution in [-0.4, -0.2) is 70.8 Å². The predicted octanol–water partition coefficient (Wildman–Crippen LogP) is 4.74. The predicted molar refractivity (Wildman–Crippen MR) is 195 cm³/mol. The molecule has 11 heteroatoms. The van der Waals surface area contributed by atoms with Crippen LogP contribution in [0.15, 0.2) is 108 Å². The maximum absolute atomic E-state index is 12.8. The largest absolute Gasteiger partial charge is 0.506 e. The second-order valence-corrected chi connectivity index (χ2v) is 12.5. The van der Waals surface area contributed by atoms with Gasteiger partial charge in [-0.2, -0.15) is 0 Å². The number of aromatic hydroxyl groups is 1. The van der Waals surface area contributed by atoms with Crippen molar-refractivity contribution in [2.24, 2.45) is 0 Å². The lowest BCUT2D eigenvalue weighted by Gasteiger charge is -2.32. The lowest BCUT2D eigenvalue weighted by atomic mass is 10.0. The highest BCUT2D eigenvalue weighted by Crippen LogP contribution is 2.29. The molecule has 0 bridgehead atoms. The number of fused-ring (bicyclic) bond motifs is 1. The first-order valence-corrected chi connectivity index (χ1v) is 16.9. The summed E-state index contributed by atoms with van der Waals surface area (Å²) >= 11 is 0. The van der Waals surface area contributed by atoms with E-state index in [9.17, 15) is 24.6 Å². The van der Waals surface area contributed by atoms with Crippen molar-refractivity contribution in [3.63, 3.8) is 0 Å². The van der Waals surface area contributed by atoms with E-state index < -0.39 is 6.10 Å². The average molecular weight is 675 g/mol. The molecule has 0 spiro atoms. The van der Waals surface area contributed by atoms with E-state index in [4.69, 9.17) is 0 Å². The van der Waals surface area contributed by atoms with E-state index in [-0.39, 0.29) is 35.8 Å². The van der Waals surface area contributed by atoms with E-state index in [1.165, 1.54) is 12.1 Å². The number of piperidine rings is 1. The number of anilines is 1. The SMILES string of the molecule is O=C(Nc1ccccc1-c1ccccc1)NC1CCN(CCNC(=O)c2ccc(CNC[C@@H](O)c3ccc(O)c4[nH]c(=O)ccc34)cc2)CC1. The van der Waals surface area contributed by atoms with Gasteiger partial charge >= 0.3 is 6.03 Å². The van der Waals surface area contributed by atoms with Gasteiger partial charge in [0.25, 0.3) is 5.91 Å². The highest BCUT2D eigenvalue weighted by atomic mass is 16.3. The first kappa shape index (κ1) is 34.4. The fourth-order valence-electron chi connectivity index (χ4n) is 6.32. The van der Waals surface area contributed by atoms with Gasteiger partial charge in [-0.15, -0.1) is 0 Å². The average Bonchev–Trinajstić information content (AvgIpc) is 3.13. The highest BCUT2D eigenvalue weighted by Gasteiger charge is 2.21. The molecule has 258 valence electrons. The second kappa shape index (κ2) is 16.3.